The molecule has 4 aromatic rings. The Labute approximate surface area is 418 Å². The smallest absolute Gasteiger partial charge is 0.324 e. The highest BCUT2D eigenvalue weighted by Crippen LogP contribution is 2.42. The molecular weight excluding hydrogens is 901 g/mol. The predicted octanol–water partition coefficient (Wildman–Crippen LogP) is 5.64. The Morgan fingerprint density at radius 3 is 2.48 bits per heavy atom. The molecule has 3 aliphatic heterocycles. The third-order valence-electron chi connectivity index (χ3n) is 14.6. The number of pyridine rings is 1. The number of hydrogen-bond acceptors (Lipinski definition) is 11. The molecule has 3 N–H and O–H groups in total. The number of phenolic OH excluding ortho intramolecular Hbond substituents is 1. The molecule has 3 aliphatic rings. The summed E-state index contributed by atoms with van der Waals surface area (Å²) >= 11 is 0. The van der Waals surface area contributed by atoms with Gasteiger partial charge in [-0.25, -0.2) is 5.43 Å². The van der Waals surface area contributed by atoms with Gasteiger partial charge in [-0.2, -0.15) is 0 Å². The van der Waals surface area contributed by atoms with Crippen molar-refractivity contribution in [2.75, 3.05) is 54.5 Å². The van der Waals surface area contributed by atoms with Crippen LogP contribution >= 0.6 is 0 Å². The highest BCUT2D eigenvalue weighted by atomic mass is 16.5. The first-order valence-electron chi connectivity index (χ1n) is 24.7. The van der Waals surface area contributed by atoms with E-state index in [0.717, 1.165) is 39.0 Å². The Morgan fingerprint density at radius 2 is 1.77 bits per heavy atom. The van der Waals surface area contributed by atoms with Crippen LogP contribution in [0, 0.1) is 29.1 Å². The van der Waals surface area contributed by atoms with Crippen LogP contribution in [-0.4, -0.2) is 142 Å². The third kappa shape index (κ3) is 11.4. The first-order chi connectivity index (χ1) is 33.5. The first-order valence-corrected chi connectivity index (χ1v) is 24.7. The number of carbonyl (C=O) groups excluding carboxylic acids is 5. The monoisotopic (exact) mass is 973 g/mol. The fourth-order valence-corrected chi connectivity index (χ4v) is 10.0. The molecule has 5 atom stereocenters. The number of esters is 1. The number of aromatic hydroxyl groups is 1. The molecule has 0 aliphatic carbocycles. The minimum atomic E-state index is -1.18. The maximum absolute atomic E-state index is 14.8. The van der Waals surface area contributed by atoms with E-state index in [1.165, 1.54) is 9.91 Å². The first kappa shape index (κ1) is 52.5. The molecule has 2 aromatic heterocycles. The standard InChI is InChI=1S/C55H72N8O8/c1-33(2)48(61(11)51(67)37-20-24-62(31-37)46(65)19-21-55(6,7)59(8)9)50(66)57-44-27-35-25-38(28-39(64)26-35)36-17-18-45-41(29-36)42(49(60(45)10)40-15-13-22-56-47(40)34(3)70-12)30-54(4,5)32-71-53(69)43-16-14-23-63(58-43)52(44)68/h13,15,17-18,22,25-26,28-29,33-34,37,43-44,48,58,64H,14,16,20,23-24,27,30-32H2,1-12H3,(H,57,66)/t34-,37-,43?,44-,48-/m0/s1. The van der Waals surface area contributed by atoms with Crippen LogP contribution in [0.2, 0.25) is 0 Å². The molecule has 16 heteroatoms. The molecule has 7 rings (SSSR count). The number of carbonyl (C=O) groups is 5. The predicted molar refractivity (Wildman–Crippen MR) is 272 cm³/mol. The molecular formula is C55H72N8O8. The number of likely N-dealkylation sites (tertiary alicyclic amines) is 1. The van der Waals surface area contributed by atoms with E-state index in [2.05, 4.69) is 59.2 Å². The number of amides is 4. The van der Waals surface area contributed by atoms with Gasteiger partial charge in [0.15, 0.2) is 0 Å². The number of methoxy groups -OCH3 is 1. The van der Waals surface area contributed by atoms with E-state index >= 15 is 0 Å². The lowest BCUT2D eigenvalue weighted by atomic mass is 9.84. The van der Waals surface area contributed by atoms with Gasteiger partial charge in [0.05, 0.1) is 35.6 Å². The Morgan fingerprint density at radius 1 is 1.03 bits per heavy atom. The lowest BCUT2D eigenvalue weighted by Crippen LogP contribution is -2.62. The third-order valence-corrected chi connectivity index (χ3v) is 14.6. The van der Waals surface area contributed by atoms with E-state index in [1.54, 1.807) is 37.4 Å². The van der Waals surface area contributed by atoms with Gasteiger partial charge in [0, 0.05) is 75.3 Å². The molecule has 71 heavy (non-hydrogen) atoms. The van der Waals surface area contributed by atoms with Crippen molar-refractivity contribution in [3.63, 3.8) is 0 Å². The van der Waals surface area contributed by atoms with Gasteiger partial charge >= 0.3 is 5.97 Å². The van der Waals surface area contributed by atoms with Crippen LogP contribution < -0.4 is 10.7 Å². The van der Waals surface area contributed by atoms with E-state index in [4.69, 9.17) is 14.5 Å². The Balaban J connectivity index is 1.24. The number of aromatic nitrogens is 2. The molecule has 380 valence electrons. The number of nitrogens with zero attached hydrogens (tertiary/aromatic N) is 6. The summed E-state index contributed by atoms with van der Waals surface area (Å²) in [5.41, 5.74) is 8.85. The fraction of sp³-hybridized carbons (Fsp3) is 0.527. The number of nitrogens with one attached hydrogen (secondary N) is 2. The summed E-state index contributed by atoms with van der Waals surface area (Å²) < 4.78 is 14.1. The zero-order valence-electron chi connectivity index (χ0n) is 43.5. The maximum Gasteiger partial charge on any atom is 0.324 e. The number of phenols is 1. The lowest BCUT2D eigenvalue weighted by molar-refractivity contribution is -0.155. The lowest BCUT2D eigenvalue weighted by Gasteiger charge is -2.37. The number of cyclic esters (lactones) is 1. The zero-order valence-corrected chi connectivity index (χ0v) is 43.5. The molecule has 16 nitrogen and oxygen atoms in total. The largest absolute Gasteiger partial charge is 0.508 e. The summed E-state index contributed by atoms with van der Waals surface area (Å²) in [6.07, 6.45) is 3.33. The Hall–Kier alpha value is -6.28. The van der Waals surface area contributed by atoms with Gasteiger partial charge in [-0.15, -0.1) is 0 Å². The molecule has 5 heterocycles. The van der Waals surface area contributed by atoms with E-state index < -0.39 is 52.8 Å². The summed E-state index contributed by atoms with van der Waals surface area (Å²) in [6.45, 7) is 14.5. The van der Waals surface area contributed by atoms with Gasteiger partial charge < -0.3 is 34.3 Å². The van der Waals surface area contributed by atoms with Crippen LogP contribution in [0.15, 0.2) is 54.7 Å². The zero-order chi connectivity index (χ0) is 51.7. The summed E-state index contributed by atoms with van der Waals surface area (Å²) in [5.74, 6) is 2.69. The molecule has 2 fully saturated rings. The van der Waals surface area contributed by atoms with Gasteiger partial charge in [0.1, 0.15) is 23.9 Å². The van der Waals surface area contributed by atoms with Gasteiger partial charge in [-0.1, -0.05) is 45.7 Å². The average Bonchev–Trinajstić information content (AvgIpc) is 3.93. The van der Waals surface area contributed by atoms with Crippen LogP contribution in [0.4, 0.5) is 0 Å². The number of hydrazine groups is 1. The number of aryl methyl sites for hydroxylation is 1. The number of rotatable bonds is 9. The maximum atomic E-state index is 14.8. The second-order valence-electron chi connectivity index (χ2n) is 21.4. The van der Waals surface area contributed by atoms with Crippen molar-refractivity contribution in [1.29, 1.82) is 0 Å². The van der Waals surface area contributed by atoms with Gasteiger partial charge in [0.25, 0.3) is 11.8 Å². The molecule has 4 amide bonds. The Kier molecular flexibility index (Phi) is 15.7. The number of hydrogen-bond donors (Lipinski definition) is 3. The van der Waals surface area contributed by atoms with Crippen molar-refractivity contribution in [2.45, 2.75) is 110 Å². The molecule has 0 radical (unpaired) electrons. The number of likely N-dealkylation sites (N-methyl/N-ethyl adjacent to an activating group) is 1. The van der Waals surface area contributed by atoms with E-state index in [-0.39, 0.29) is 55.7 Å². The average molecular weight is 973 g/mol. The van der Waals surface area contributed by atoms with Gasteiger partial charge in [-0.05, 0) is 131 Å². The van der Waals surface area contributed by atoms with Crippen LogP contribution in [0.25, 0.3) is 33.3 Å². The van der Waals surface area contributed by atoms with Crippen molar-refractivity contribution in [3.8, 4) is 40.0 Å². The molecule has 0 spiro atoms. The van der Waals surface area contributed by atoms with E-state index in [9.17, 15) is 29.1 Å². The molecule has 2 saturated heterocycles. The number of benzene rings is 2. The fourth-order valence-electron chi connectivity index (χ4n) is 10.0. The van der Waals surface area contributed by atoms with Crippen LogP contribution in [-0.2, 0) is 53.3 Å². The van der Waals surface area contributed by atoms with Crippen molar-refractivity contribution >= 4 is 40.5 Å². The Bertz CT molecular complexity index is 2750. The molecule has 2 aromatic carbocycles. The van der Waals surface area contributed by atoms with Crippen molar-refractivity contribution in [1.82, 2.24) is 40.0 Å². The SMILES string of the molecule is CO[C@@H](C)c1ncccc1-c1c2c3cc(ccc3n1C)-c1cc(O)cc(c1)C[C@H](NC(=O)[C@H](C(C)C)N(C)C(=O)[C@H]1CCN(C(=O)C#CC(C)(C)N(C)C)C1)C(=O)N1CCCC(N1)C(=O)OCC(C)(C)C2. The van der Waals surface area contributed by atoms with E-state index in [1.807, 2.05) is 78.9 Å². The summed E-state index contributed by atoms with van der Waals surface area (Å²) in [5, 5.41) is 16.7. The molecule has 0 saturated carbocycles. The highest BCUT2D eigenvalue weighted by Gasteiger charge is 2.40. The molecule has 6 bridgehead atoms. The highest BCUT2D eigenvalue weighted by molar-refractivity contribution is 5.97. The normalized spacial score (nSPS) is 20.5. The van der Waals surface area contributed by atoms with Gasteiger partial charge in [0.2, 0.25) is 11.8 Å². The minimum absolute atomic E-state index is 0.0195. The van der Waals surface area contributed by atoms with Crippen LogP contribution in [0.5, 0.6) is 5.75 Å². The van der Waals surface area contributed by atoms with Crippen molar-refractivity contribution < 1.29 is 38.6 Å². The van der Waals surface area contributed by atoms with E-state index in [0.29, 0.717) is 43.4 Å². The van der Waals surface area contributed by atoms with Crippen molar-refractivity contribution in [2.24, 2.45) is 24.3 Å². The van der Waals surface area contributed by atoms with Crippen LogP contribution in [0.3, 0.4) is 0 Å². The van der Waals surface area contributed by atoms with Crippen LogP contribution in [0.1, 0.15) is 90.7 Å². The number of ether oxygens (including phenoxy) is 2. The number of fused-ring (bicyclic) bond motifs is 6. The summed E-state index contributed by atoms with van der Waals surface area (Å²) in [4.78, 5) is 80.4. The minimum Gasteiger partial charge on any atom is -0.508 e. The van der Waals surface area contributed by atoms with Crippen molar-refractivity contribution in [3.05, 3.63) is 71.5 Å². The molecule has 1 unspecified atom stereocenters. The summed E-state index contributed by atoms with van der Waals surface area (Å²) in [7, 11) is 9.06. The second-order valence-corrected chi connectivity index (χ2v) is 21.4. The quantitative estimate of drug-likeness (QED) is 0.140. The topological polar surface area (TPSA) is 179 Å². The second kappa shape index (κ2) is 21.2. The van der Waals surface area contributed by atoms with Gasteiger partial charge in [-0.3, -0.25) is 38.9 Å². The summed E-state index contributed by atoms with van der Waals surface area (Å²) in [6, 6.07) is 12.3.